The third-order valence-electron chi connectivity index (χ3n) is 2.57. The van der Waals surface area contributed by atoms with Gasteiger partial charge in [0.25, 0.3) is 6.43 Å². The second-order valence-electron chi connectivity index (χ2n) is 3.90. The van der Waals surface area contributed by atoms with Crippen LogP contribution in [0, 0.1) is 0 Å². The highest BCUT2D eigenvalue weighted by molar-refractivity contribution is 6.30. The zero-order valence-corrected chi connectivity index (χ0v) is 10.3. The van der Waals surface area contributed by atoms with E-state index in [-0.39, 0.29) is 5.56 Å². The van der Waals surface area contributed by atoms with Gasteiger partial charge >= 0.3 is 0 Å². The number of rotatable bonds is 4. The summed E-state index contributed by atoms with van der Waals surface area (Å²) in [6, 6.07) is 13.6. The van der Waals surface area contributed by atoms with Crippen molar-refractivity contribution in [2.24, 2.45) is 0 Å². The van der Waals surface area contributed by atoms with Gasteiger partial charge < -0.3 is 5.32 Å². The zero-order chi connectivity index (χ0) is 13.0. The van der Waals surface area contributed by atoms with Crippen LogP contribution in [0.15, 0.2) is 48.5 Å². The Bertz CT molecular complexity index is 494. The number of anilines is 1. The summed E-state index contributed by atoms with van der Waals surface area (Å²) in [5.41, 5.74) is 1.94. The minimum atomic E-state index is -2.41. The maximum atomic E-state index is 12.4. The van der Waals surface area contributed by atoms with Crippen LogP contribution in [0.4, 0.5) is 14.5 Å². The van der Waals surface area contributed by atoms with Crippen LogP contribution in [0.3, 0.4) is 0 Å². The van der Waals surface area contributed by atoms with E-state index >= 15 is 0 Å². The number of hydrogen-bond donors (Lipinski definition) is 1. The van der Waals surface area contributed by atoms with Crippen molar-refractivity contribution in [1.82, 2.24) is 0 Å². The van der Waals surface area contributed by atoms with E-state index in [0.29, 0.717) is 11.6 Å². The van der Waals surface area contributed by atoms with Crippen LogP contribution in [-0.4, -0.2) is 0 Å². The van der Waals surface area contributed by atoms with Gasteiger partial charge in [-0.25, -0.2) is 8.78 Å². The number of hydrogen-bond acceptors (Lipinski definition) is 1. The van der Waals surface area contributed by atoms with Crippen LogP contribution >= 0.6 is 11.6 Å². The first kappa shape index (κ1) is 12.8. The van der Waals surface area contributed by atoms with Gasteiger partial charge in [0.2, 0.25) is 0 Å². The Morgan fingerprint density at radius 1 is 0.944 bits per heavy atom. The van der Waals surface area contributed by atoms with Crippen molar-refractivity contribution < 1.29 is 8.78 Å². The molecular formula is C14H12ClF2N. The summed E-state index contributed by atoms with van der Waals surface area (Å²) in [6.45, 7) is 0.588. The summed E-state index contributed by atoms with van der Waals surface area (Å²) in [4.78, 5) is 0. The van der Waals surface area contributed by atoms with E-state index in [1.165, 1.54) is 12.1 Å². The maximum absolute atomic E-state index is 12.4. The first-order valence-electron chi connectivity index (χ1n) is 5.51. The molecule has 0 aromatic heterocycles. The monoisotopic (exact) mass is 267 g/mol. The normalized spacial score (nSPS) is 10.7. The number of nitrogens with one attached hydrogen (secondary N) is 1. The summed E-state index contributed by atoms with van der Waals surface area (Å²) in [6.07, 6.45) is -2.41. The van der Waals surface area contributed by atoms with Crippen LogP contribution in [0.1, 0.15) is 17.6 Å². The van der Waals surface area contributed by atoms with Gasteiger partial charge in [0.15, 0.2) is 0 Å². The van der Waals surface area contributed by atoms with E-state index in [9.17, 15) is 8.78 Å². The Morgan fingerprint density at radius 3 is 2.11 bits per heavy atom. The molecule has 0 bridgehead atoms. The summed E-state index contributed by atoms with van der Waals surface area (Å²) < 4.78 is 24.7. The Kier molecular flexibility index (Phi) is 4.15. The molecule has 94 valence electrons. The van der Waals surface area contributed by atoms with Crippen molar-refractivity contribution >= 4 is 17.3 Å². The molecule has 1 N–H and O–H groups in total. The second-order valence-corrected chi connectivity index (χ2v) is 4.34. The van der Waals surface area contributed by atoms with Gasteiger partial charge in [0, 0.05) is 22.8 Å². The molecule has 0 aliphatic carbocycles. The van der Waals surface area contributed by atoms with Crippen LogP contribution < -0.4 is 5.32 Å². The largest absolute Gasteiger partial charge is 0.381 e. The van der Waals surface area contributed by atoms with Crippen LogP contribution in [0.25, 0.3) is 0 Å². The molecule has 0 saturated heterocycles. The summed E-state index contributed by atoms with van der Waals surface area (Å²) in [5.74, 6) is 0. The molecule has 0 spiro atoms. The van der Waals surface area contributed by atoms with Crippen molar-refractivity contribution in [1.29, 1.82) is 0 Å². The molecule has 0 aliphatic rings. The van der Waals surface area contributed by atoms with E-state index in [1.807, 2.05) is 12.1 Å². The van der Waals surface area contributed by atoms with Crippen molar-refractivity contribution in [3.8, 4) is 0 Å². The molecule has 4 heteroatoms. The van der Waals surface area contributed by atoms with Crippen molar-refractivity contribution in [3.05, 3.63) is 64.7 Å². The van der Waals surface area contributed by atoms with Crippen LogP contribution in [0.5, 0.6) is 0 Å². The SMILES string of the molecule is FC(F)c1ccc(CNc2ccc(Cl)cc2)cc1. The van der Waals surface area contributed by atoms with E-state index in [1.54, 1.807) is 24.3 Å². The first-order valence-corrected chi connectivity index (χ1v) is 5.89. The minimum Gasteiger partial charge on any atom is -0.381 e. The van der Waals surface area contributed by atoms with Crippen molar-refractivity contribution in [2.75, 3.05) is 5.32 Å². The molecule has 0 fully saturated rings. The fourth-order valence-electron chi connectivity index (χ4n) is 1.55. The Balaban J connectivity index is 1.95. The Morgan fingerprint density at radius 2 is 1.56 bits per heavy atom. The standard InChI is InChI=1S/C14H12ClF2N/c15-12-5-7-13(8-6-12)18-9-10-1-3-11(4-2-10)14(16)17/h1-8,14,18H,9H2. The highest BCUT2D eigenvalue weighted by atomic mass is 35.5. The predicted octanol–water partition coefficient (Wildman–Crippen LogP) is 4.89. The van der Waals surface area contributed by atoms with Gasteiger partial charge in [-0.05, 0) is 29.8 Å². The van der Waals surface area contributed by atoms with Crippen LogP contribution in [0.2, 0.25) is 5.02 Å². The lowest BCUT2D eigenvalue weighted by atomic mass is 10.1. The third-order valence-corrected chi connectivity index (χ3v) is 2.82. The molecule has 2 aromatic rings. The molecule has 0 aliphatic heterocycles. The number of halogens is 3. The lowest BCUT2D eigenvalue weighted by Gasteiger charge is -2.07. The highest BCUT2D eigenvalue weighted by Crippen LogP contribution is 2.19. The van der Waals surface area contributed by atoms with Crippen molar-refractivity contribution in [3.63, 3.8) is 0 Å². The van der Waals surface area contributed by atoms with E-state index in [0.717, 1.165) is 11.3 Å². The molecule has 0 radical (unpaired) electrons. The molecular weight excluding hydrogens is 256 g/mol. The Labute approximate surface area is 109 Å². The van der Waals surface area contributed by atoms with E-state index in [4.69, 9.17) is 11.6 Å². The molecule has 18 heavy (non-hydrogen) atoms. The van der Waals surface area contributed by atoms with Crippen LogP contribution in [-0.2, 0) is 6.54 Å². The quantitative estimate of drug-likeness (QED) is 0.832. The number of alkyl halides is 2. The molecule has 0 saturated carbocycles. The zero-order valence-electron chi connectivity index (χ0n) is 9.54. The smallest absolute Gasteiger partial charge is 0.263 e. The molecule has 0 amide bonds. The number of benzene rings is 2. The van der Waals surface area contributed by atoms with E-state index in [2.05, 4.69) is 5.32 Å². The summed E-state index contributed by atoms with van der Waals surface area (Å²) in [5, 5.41) is 3.87. The molecule has 2 rings (SSSR count). The fourth-order valence-corrected chi connectivity index (χ4v) is 1.68. The summed E-state index contributed by atoms with van der Waals surface area (Å²) in [7, 11) is 0. The fraction of sp³-hybridized carbons (Fsp3) is 0.143. The van der Waals surface area contributed by atoms with E-state index < -0.39 is 6.43 Å². The van der Waals surface area contributed by atoms with Gasteiger partial charge in [-0.3, -0.25) is 0 Å². The van der Waals surface area contributed by atoms with Crippen molar-refractivity contribution in [2.45, 2.75) is 13.0 Å². The first-order chi connectivity index (χ1) is 8.65. The van der Waals surface area contributed by atoms with Gasteiger partial charge in [-0.1, -0.05) is 35.9 Å². The van der Waals surface area contributed by atoms with Gasteiger partial charge in [-0.2, -0.15) is 0 Å². The topological polar surface area (TPSA) is 12.0 Å². The summed E-state index contributed by atoms with van der Waals surface area (Å²) >= 11 is 5.78. The molecule has 2 aromatic carbocycles. The average molecular weight is 268 g/mol. The van der Waals surface area contributed by atoms with Gasteiger partial charge in [0.05, 0.1) is 0 Å². The van der Waals surface area contributed by atoms with Gasteiger partial charge in [0.1, 0.15) is 0 Å². The minimum absolute atomic E-state index is 0.0465. The highest BCUT2D eigenvalue weighted by Gasteiger charge is 2.05. The molecule has 1 nitrogen and oxygen atoms in total. The average Bonchev–Trinajstić information content (AvgIpc) is 2.38. The van der Waals surface area contributed by atoms with Gasteiger partial charge in [-0.15, -0.1) is 0 Å². The predicted molar refractivity (Wildman–Crippen MR) is 70.2 cm³/mol. The molecule has 0 atom stereocenters. The second kappa shape index (κ2) is 5.83. The molecule has 0 unspecified atom stereocenters. The maximum Gasteiger partial charge on any atom is 0.263 e. The lowest BCUT2D eigenvalue weighted by molar-refractivity contribution is 0.151. The lowest BCUT2D eigenvalue weighted by Crippen LogP contribution is -1.99. The third kappa shape index (κ3) is 3.44. The molecule has 0 heterocycles. The Hall–Kier alpha value is -1.61.